The Morgan fingerprint density at radius 1 is 1.00 bits per heavy atom. The summed E-state index contributed by atoms with van der Waals surface area (Å²) < 4.78 is 27.5. The summed E-state index contributed by atoms with van der Waals surface area (Å²) in [7, 11) is -1.60. The molecule has 21 heavy (non-hydrogen) atoms. The van der Waals surface area contributed by atoms with Crippen LogP contribution in [0.5, 0.6) is 0 Å². The fourth-order valence-corrected chi connectivity index (χ4v) is 2.02. The minimum atomic E-state index is -3.66. The quantitative estimate of drug-likeness (QED) is 0.725. The molecule has 130 valence electrons. The molecule has 0 saturated carbocycles. The Balaban J connectivity index is 0. The molecule has 0 heterocycles. The molecule has 0 aromatic heterocycles. The van der Waals surface area contributed by atoms with Crippen LogP contribution in [-0.2, 0) is 18.8 Å². The van der Waals surface area contributed by atoms with E-state index in [1.54, 1.807) is 0 Å². The maximum atomic E-state index is 9.92. The van der Waals surface area contributed by atoms with Crippen LogP contribution in [0.3, 0.4) is 0 Å². The summed E-state index contributed by atoms with van der Waals surface area (Å²) in [5.41, 5.74) is 11.6. The van der Waals surface area contributed by atoms with Gasteiger partial charge in [0.15, 0.2) is 0 Å². The van der Waals surface area contributed by atoms with Gasteiger partial charge in [-0.3, -0.25) is 8.37 Å². The summed E-state index contributed by atoms with van der Waals surface area (Å²) in [4.78, 5) is 0. The highest BCUT2D eigenvalue weighted by molar-refractivity contribution is 7.81. The van der Waals surface area contributed by atoms with Gasteiger partial charge in [-0.2, -0.15) is 8.42 Å². The zero-order chi connectivity index (χ0) is 17.7. The van der Waals surface area contributed by atoms with Gasteiger partial charge in [0.2, 0.25) is 0 Å². The smallest absolute Gasteiger partial charge is 0.313 e. The Morgan fingerprint density at radius 2 is 1.33 bits per heavy atom. The molecule has 1 unspecified atom stereocenters. The molecule has 0 rings (SSSR count). The first kappa shape index (κ1) is 23.1. The van der Waals surface area contributed by atoms with Crippen molar-refractivity contribution in [2.45, 2.75) is 60.5 Å². The predicted octanol–water partition coefficient (Wildman–Crippen LogP) is 2.24. The van der Waals surface area contributed by atoms with E-state index in [0.717, 1.165) is 20.6 Å². The van der Waals surface area contributed by atoms with E-state index in [0.29, 0.717) is 5.92 Å². The van der Waals surface area contributed by atoms with E-state index < -0.39 is 16.1 Å². The van der Waals surface area contributed by atoms with Crippen molar-refractivity contribution >= 4 is 10.4 Å². The normalized spacial score (nSPS) is 15.2. The first-order valence-corrected chi connectivity index (χ1v) is 8.38. The van der Waals surface area contributed by atoms with Gasteiger partial charge in [0.05, 0.1) is 19.9 Å². The van der Waals surface area contributed by atoms with Crippen molar-refractivity contribution < 1.29 is 16.8 Å². The van der Waals surface area contributed by atoms with Gasteiger partial charge in [0.1, 0.15) is 0 Å². The maximum Gasteiger partial charge on any atom is 0.399 e. The SMILES string of the molecule is CCC(C)C(C)(C)C(C)(C)C(C)(N)N.COS(=O)(=O)OC. The topological polar surface area (TPSA) is 105 Å². The third-order valence-electron chi connectivity index (χ3n) is 5.21. The maximum absolute atomic E-state index is 9.92. The van der Waals surface area contributed by atoms with Gasteiger partial charge < -0.3 is 11.5 Å². The van der Waals surface area contributed by atoms with E-state index in [4.69, 9.17) is 11.5 Å². The fourth-order valence-electron chi connectivity index (χ4n) is 1.89. The van der Waals surface area contributed by atoms with Gasteiger partial charge in [-0.25, -0.2) is 0 Å². The summed E-state index contributed by atoms with van der Waals surface area (Å²) in [6.07, 6.45) is 1.16. The number of hydrogen-bond acceptors (Lipinski definition) is 6. The van der Waals surface area contributed by atoms with Crippen LogP contribution in [0.1, 0.15) is 54.9 Å². The number of rotatable bonds is 6. The lowest BCUT2D eigenvalue weighted by Gasteiger charge is -2.52. The van der Waals surface area contributed by atoms with Gasteiger partial charge in [-0.1, -0.05) is 48.0 Å². The molecule has 0 aliphatic heterocycles. The van der Waals surface area contributed by atoms with Crippen molar-refractivity contribution in [1.82, 2.24) is 0 Å². The van der Waals surface area contributed by atoms with Gasteiger partial charge in [-0.05, 0) is 18.3 Å². The molecule has 0 aromatic rings. The van der Waals surface area contributed by atoms with E-state index in [1.165, 1.54) is 0 Å². The second kappa shape index (κ2) is 7.87. The molecule has 0 aromatic carbocycles. The van der Waals surface area contributed by atoms with Crippen LogP contribution in [0, 0.1) is 16.7 Å². The van der Waals surface area contributed by atoms with Crippen LogP contribution in [0.2, 0.25) is 0 Å². The molecule has 0 spiro atoms. The third-order valence-corrected chi connectivity index (χ3v) is 6.03. The van der Waals surface area contributed by atoms with E-state index in [1.807, 2.05) is 6.92 Å². The molecule has 1 atom stereocenters. The lowest BCUT2D eigenvalue weighted by molar-refractivity contribution is -0.0151. The average Bonchev–Trinajstić information content (AvgIpc) is 2.36. The molecule has 4 N–H and O–H groups in total. The highest BCUT2D eigenvalue weighted by Crippen LogP contribution is 2.49. The Hall–Kier alpha value is -0.210. The predicted molar refractivity (Wildman–Crippen MR) is 86.7 cm³/mol. The number of nitrogens with two attached hydrogens (primary N) is 2. The van der Waals surface area contributed by atoms with E-state index in [2.05, 4.69) is 49.9 Å². The molecule has 7 heteroatoms. The highest BCUT2D eigenvalue weighted by Gasteiger charge is 2.48. The standard InChI is InChI=1S/C12H28N2.C2H6O4S/c1-8-9(2)10(3,4)11(5,6)12(7,13)14;1-5-7(3,4)6-2/h9H,8,13-14H2,1-7H3;1-2H3. The van der Waals surface area contributed by atoms with Gasteiger partial charge in [-0.15, -0.1) is 0 Å². The van der Waals surface area contributed by atoms with E-state index in [9.17, 15) is 8.42 Å². The Bertz CT molecular complexity index is 388. The van der Waals surface area contributed by atoms with E-state index in [-0.39, 0.29) is 10.8 Å². The minimum absolute atomic E-state index is 0.0879. The second-order valence-electron chi connectivity index (χ2n) is 6.68. The van der Waals surface area contributed by atoms with Crippen LogP contribution >= 0.6 is 0 Å². The largest absolute Gasteiger partial charge is 0.399 e. The summed E-state index contributed by atoms with van der Waals surface area (Å²) in [5, 5.41) is 0. The molecule has 0 fully saturated rings. The monoisotopic (exact) mass is 326 g/mol. The van der Waals surface area contributed by atoms with Crippen molar-refractivity contribution in [3.05, 3.63) is 0 Å². The van der Waals surface area contributed by atoms with Crippen molar-refractivity contribution in [3.63, 3.8) is 0 Å². The Kier molecular flexibility index (Phi) is 8.65. The Morgan fingerprint density at radius 3 is 1.48 bits per heavy atom. The zero-order valence-electron chi connectivity index (χ0n) is 15.0. The number of hydrogen-bond donors (Lipinski definition) is 2. The summed E-state index contributed by atoms with van der Waals surface area (Å²) in [5.74, 6) is 0.615. The first-order valence-electron chi connectivity index (χ1n) is 7.04. The van der Waals surface area contributed by atoms with Crippen molar-refractivity contribution in [1.29, 1.82) is 0 Å². The van der Waals surface area contributed by atoms with Gasteiger partial charge >= 0.3 is 10.4 Å². The van der Waals surface area contributed by atoms with Crippen LogP contribution in [0.25, 0.3) is 0 Å². The summed E-state index contributed by atoms with van der Waals surface area (Å²) in [6.45, 7) is 15.3. The lowest BCUT2D eigenvalue weighted by atomic mass is 9.56. The Labute approximate surface area is 130 Å². The first-order chi connectivity index (χ1) is 9.10. The molecule has 0 aliphatic rings. The van der Waals surface area contributed by atoms with Crippen molar-refractivity contribution in [3.8, 4) is 0 Å². The minimum Gasteiger partial charge on any atom is -0.313 e. The average molecular weight is 327 g/mol. The molecular weight excluding hydrogens is 292 g/mol. The molecule has 0 amide bonds. The highest BCUT2D eigenvalue weighted by atomic mass is 32.3. The van der Waals surface area contributed by atoms with Crippen LogP contribution in [-0.4, -0.2) is 28.3 Å². The zero-order valence-corrected chi connectivity index (χ0v) is 15.8. The van der Waals surface area contributed by atoms with Crippen LogP contribution < -0.4 is 11.5 Å². The van der Waals surface area contributed by atoms with Gasteiger partial charge in [0.25, 0.3) is 0 Å². The molecule has 6 nitrogen and oxygen atoms in total. The lowest BCUT2D eigenvalue weighted by Crippen LogP contribution is -2.64. The fraction of sp³-hybridized carbons (Fsp3) is 1.00. The molecule has 0 saturated heterocycles. The summed E-state index contributed by atoms with van der Waals surface area (Å²) >= 11 is 0. The second-order valence-corrected chi connectivity index (χ2v) is 8.16. The van der Waals surface area contributed by atoms with Crippen LogP contribution in [0.15, 0.2) is 0 Å². The van der Waals surface area contributed by atoms with Crippen molar-refractivity contribution in [2.24, 2.45) is 28.2 Å². The summed E-state index contributed by atoms with van der Waals surface area (Å²) in [6, 6.07) is 0. The molecule has 0 bridgehead atoms. The van der Waals surface area contributed by atoms with Crippen LogP contribution in [0.4, 0.5) is 0 Å². The molecule has 0 aliphatic carbocycles. The third kappa shape index (κ3) is 6.20. The van der Waals surface area contributed by atoms with E-state index >= 15 is 0 Å². The molecule has 0 radical (unpaired) electrons. The molecular formula is C14H34N2O4S. The van der Waals surface area contributed by atoms with Gasteiger partial charge in [0, 0.05) is 5.41 Å². The van der Waals surface area contributed by atoms with Crippen molar-refractivity contribution in [2.75, 3.05) is 14.2 Å².